The molecule has 1 saturated carbocycles. The van der Waals surface area contributed by atoms with Crippen molar-refractivity contribution in [3.05, 3.63) is 12.2 Å². The fourth-order valence-corrected chi connectivity index (χ4v) is 5.73. The summed E-state index contributed by atoms with van der Waals surface area (Å²) in [5, 5.41) is 9.63. The van der Waals surface area contributed by atoms with E-state index in [-0.39, 0.29) is 0 Å². The molecular formula is C22H16F24O2. The first kappa shape index (κ1) is 42.1. The number of rotatable bonds is 10. The lowest BCUT2D eigenvalue weighted by Crippen LogP contribution is -2.78. The standard InChI is InChI=1S/C22H16F24O2/c23-13(17(29,30)31,18(32,33)34)11(47,15(25,26)21(41,42)43)4-1-5-12(16(27,28)22(44,45)46,14(24,19(35,36)37)20(38,39)40)48-10-7-8-2-3-9(10)6-8/h2-3,8-10,47H,1,4-7H2. The molecule has 0 aliphatic heterocycles. The van der Waals surface area contributed by atoms with Crippen LogP contribution in [-0.4, -0.2) is 82.7 Å². The second kappa shape index (κ2) is 11.5. The summed E-state index contributed by atoms with van der Waals surface area (Å²) in [6, 6.07) is 0. The third-order valence-corrected chi connectivity index (χ3v) is 8.07. The van der Waals surface area contributed by atoms with Gasteiger partial charge in [-0.25, -0.2) is 8.78 Å². The molecule has 1 fully saturated rings. The van der Waals surface area contributed by atoms with Gasteiger partial charge in [0.1, 0.15) is 0 Å². The van der Waals surface area contributed by atoms with Gasteiger partial charge in [0.05, 0.1) is 6.10 Å². The van der Waals surface area contributed by atoms with E-state index in [2.05, 4.69) is 4.74 Å². The van der Waals surface area contributed by atoms with Crippen LogP contribution in [-0.2, 0) is 4.74 Å². The molecule has 0 amide bonds. The van der Waals surface area contributed by atoms with Gasteiger partial charge in [-0.2, -0.15) is 96.6 Å². The topological polar surface area (TPSA) is 29.5 Å². The predicted molar refractivity (Wildman–Crippen MR) is 106 cm³/mol. The van der Waals surface area contributed by atoms with Gasteiger partial charge in [0, 0.05) is 5.92 Å². The van der Waals surface area contributed by atoms with E-state index in [9.17, 15) is 97.3 Å². The maximum atomic E-state index is 15.5. The summed E-state index contributed by atoms with van der Waals surface area (Å²) in [6.07, 6.45) is -62.6. The van der Waals surface area contributed by atoms with Gasteiger partial charge < -0.3 is 9.84 Å². The molecule has 0 radical (unpaired) electrons. The van der Waals surface area contributed by atoms with E-state index in [1.807, 2.05) is 0 Å². The molecule has 0 aromatic rings. The first-order valence-corrected chi connectivity index (χ1v) is 12.4. The lowest BCUT2D eigenvalue weighted by Gasteiger charge is -2.52. The Morgan fingerprint density at radius 1 is 0.479 bits per heavy atom. The molecule has 2 bridgehead atoms. The largest absolute Gasteiger partial charge is 0.456 e. The van der Waals surface area contributed by atoms with Crippen LogP contribution in [0.5, 0.6) is 0 Å². The molecule has 5 atom stereocenters. The summed E-state index contributed by atoms with van der Waals surface area (Å²) in [5.41, 5.74) is -31.0. The maximum absolute atomic E-state index is 15.5. The highest BCUT2D eigenvalue weighted by Crippen LogP contribution is 2.66. The van der Waals surface area contributed by atoms with Crippen LogP contribution in [0.15, 0.2) is 12.2 Å². The molecule has 48 heavy (non-hydrogen) atoms. The average Bonchev–Trinajstić information content (AvgIpc) is 3.45. The van der Waals surface area contributed by atoms with E-state index in [1.165, 1.54) is 0 Å². The Kier molecular flexibility index (Phi) is 10.1. The Labute approximate surface area is 250 Å². The zero-order valence-electron chi connectivity index (χ0n) is 22.3. The average molecular weight is 768 g/mol. The molecule has 0 saturated heterocycles. The van der Waals surface area contributed by atoms with Gasteiger partial charge in [0.2, 0.25) is 0 Å². The van der Waals surface area contributed by atoms with Gasteiger partial charge in [-0.1, -0.05) is 12.2 Å². The highest BCUT2D eigenvalue weighted by atomic mass is 19.5. The van der Waals surface area contributed by atoms with Gasteiger partial charge in [0.25, 0.3) is 0 Å². The van der Waals surface area contributed by atoms with Crippen molar-refractivity contribution in [3.63, 3.8) is 0 Å². The Morgan fingerprint density at radius 2 is 0.875 bits per heavy atom. The smallest absolute Gasteiger partial charge is 0.379 e. The molecule has 0 heterocycles. The quantitative estimate of drug-likeness (QED) is 0.177. The molecule has 26 heteroatoms. The number of ether oxygens (including phenoxy) is 1. The van der Waals surface area contributed by atoms with Crippen molar-refractivity contribution in [2.24, 2.45) is 11.8 Å². The molecule has 2 nitrogen and oxygen atoms in total. The zero-order chi connectivity index (χ0) is 38.4. The van der Waals surface area contributed by atoms with E-state index < -0.39 is 121 Å². The molecule has 2 rings (SSSR count). The molecule has 5 unspecified atom stereocenters. The zero-order valence-corrected chi connectivity index (χ0v) is 22.3. The number of halogens is 24. The Hall–Kier alpha value is -2.02. The van der Waals surface area contributed by atoms with Crippen LogP contribution >= 0.6 is 0 Å². The number of aliphatic hydroxyl groups is 1. The van der Waals surface area contributed by atoms with Gasteiger partial charge >= 0.3 is 60.2 Å². The van der Waals surface area contributed by atoms with Crippen LogP contribution in [0.1, 0.15) is 32.1 Å². The van der Waals surface area contributed by atoms with Gasteiger partial charge in [0.15, 0.2) is 11.2 Å². The lowest BCUT2D eigenvalue weighted by molar-refractivity contribution is -0.457. The van der Waals surface area contributed by atoms with Gasteiger partial charge in [-0.15, -0.1) is 0 Å². The van der Waals surface area contributed by atoms with Crippen LogP contribution in [0.4, 0.5) is 105 Å². The minimum absolute atomic E-state index is 0.505. The van der Waals surface area contributed by atoms with Crippen LogP contribution in [0.3, 0.4) is 0 Å². The molecule has 2 aliphatic rings. The van der Waals surface area contributed by atoms with Crippen LogP contribution in [0, 0.1) is 11.8 Å². The summed E-state index contributed by atoms with van der Waals surface area (Å²) in [6.45, 7) is 0. The first-order valence-electron chi connectivity index (χ1n) is 12.4. The SMILES string of the molecule is OC(CCCC(OC1CC2C=CC1C2)(C(F)(F)C(F)(F)F)C(F)(C(F)(F)F)C(F)(F)F)(C(F)(F)C(F)(F)F)C(F)(C(F)(F)F)C(F)(F)F. The molecule has 284 valence electrons. The summed E-state index contributed by atoms with van der Waals surface area (Å²) < 4.78 is 335. The molecule has 0 spiro atoms. The Balaban J connectivity index is 3.02. The molecule has 0 aromatic carbocycles. The maximum Gasteiger partial charge on any atom is 0.456 e. The number of hydrogen-bond acceptors (Lipinski definition) is 2. The Bertz CT molecular complexity index is 1160. The summed E-state index contributed by atoms with van der Waals surface area (Å²) in [4.78, 5) is 0. The van der Waals surface area contributed by atoms with Gasteiger partial charge in [-0.3, -0.25) is 0 Å². The summed E-state index contributed by atoms with van der Waals surface area (Å²) in [5.74, 6) is -18.9. The Morgan fingerprint density at radius 3 is 1.17 bits per heavy atom. The third-order valence-electron chi connectivity index (χ3n) is 8.07. The second-order valence-electron chi connectivity index (χ2n) is 10.9. The third kappa shape index (κ3) is 5.84. The fourth-order valence-electron chi connectivity index (χ4n) is 5.73. The molecule has 1 N–H and O–H groups in total. The van der Waals surface area contributed by atoms with Crippen molar-refractivity contribution in [2.75, 3.05) is 0 Å². The van der Waals surface area contributed by atoms with Crippen molar-refractivity contribution in [3.8, 4) is 0 Å². The van der Waals surface area contributed by atoms with Crippen molar-refractivity contribution >= 4 is 0 Å². The van der Waals surface area contributed by atoms with E-state index in [1.54, 1.807) is 0 Å². The van der Waals surface area contributed by atoms with Crippen LogP contribution < -0.4 is 0 Å². The van der Waals surface area contributed by atoms with Crippen LogP contribution in [0.25, 0.3) is 0 Å². The molecule has 2 aliphatic carbocycles. The van der Waals surface area contributed by atoms with Crippen LogP contribution in [0.2, 0.25) is 0 Å². The van der Waals surface area contributed by atoms with Gasteiger partial charge in [-0.05, 0) is 38.0 Å². The van der Waals surface area contributed by atoms with Crippen molar-refractivity contribution < 1.29 is 115 Å². The van der Waals surface area contributed by atoms with Crippen molar-refractivity contribution in [1.29, 1.82) is 0 Å². The summed E-state index contributed by atoms with van der Waals surface area (Å²) in [7, 11) is 0. The number of hydrogen-bond donors (Lipinski definition) is 1. The molecule has 0 aromatic heterocycles. The number of allylic oxidation sites excluding steroid dienone is 1. The normalized spacial score (nSPS) is 25.0. The van der Waals surface area contributed by atoms with E-state index in [4.69, 9.17) is 0 Å². The van der Waals surface area contributed by atoms with E-state index in [0.29, 0.717) is 0 Å². The predicted octanol–water partition coefficient (Wildman–Crippen LogP) is 9.67. The minimum atomic E-state index is -8.31. The summed E-state index contributed by atoms with van der Waals surface area (Å²) >= 11 is 0. The second-order valence-corrected chi connectivity index (χ2v) is 10.9. The van der Waals surface area contributed by atoms with E-state index >= 15 is 13.2 Å². The van der Waals surface area contributed by atoms with E-state index in [0.717, 1.165) is 12.2 Å². The highest BCUT2D eigenvalue weighted by molar-refractivity contribution is 5.22. The first-order chi connectivity index (χ1) is 20.8. The lowest BCUT2D eigenvalue weighted by atomic mass is 9.70. The monoisotopic (exact) mass is 768 g/mol. The highest BCUT2D eigenvalue weighted by Gasteiger charge is 2.93. The minimum Gasteiger partial charge on any atom is -0.379 e. The van der Waals surface area contributed by atoms with Crippen molar-refractivity contribution in [2.45, 2.75) is 110 Å². The fraction of sp³-hybridized carbons (Fsp3) is 0.909. The number of fused-ring (bicyclic) bond motifs is 2. The van der Waals surface area contributed by atoms with Crippen molar-refractivity contribution in [1.82, 2.24) is 0 Å². The molecular weight excluding hydrogens is 752 g/mol. The number of alkyl halides is 24.